The maximum Gasteiger partial charge on any atom is 0.269 e. The van der Waals surface area contributed by atoms with Gasteiger partial charge in [0, 0.05) is 18.4 Å². The number of ether oxygens (including phenoxy) is 1. The molecule has 3 aromatic rings. The number of methoxy groups -OCH3 is 1. The molecule has 0 spiro atoms. The second kappa shape index (κ2) is 8.80. The first-order valence-corrected chi connectivity index (χ1v) is 8.54. The molecule has 0 saturated heterocycles. The highest BCUT2D eigenvalue weighted by atomic mass is 19.1. The number of carbonyl (C=O) groups excluding carboxylic acids is 1. The van der Waals surface area contributed by atoms with Crippen molar-refractivity contribution >= 4 is 17.3 Å². The molecule has 3 rings (SSSR count). The summed E-state index contributed by atoms with van der Waals surface area (Å²) >= 11 is 0. The lowest BCUT2D eigenvalue weighted by atomic mass is 10.1. The first-order chi connectivity index (χ1) is 13.2. The summed E-state index contributed by atoms with van der Waals surface area (Å²) in [7, 11) is 1.62. The number of nitrogens with one attached hydrogen (secondary N) is 2. The van der Waals surface area contributed by atoms with Crippen LogP contribution in [0.15, 0.2) is 66.9 Å². The van der Waals surface area contributed by atoms with Gasteiger partial charge in [-0.25, -0.2) is 4.39 Å². The molecular formula is C21H20FN3O2. The topological polar surface area (TPSA) is 63.2 Å². The van der Waals surface area contributed by atoms with Crippen LogP contribution in [-0.4, -0.2) is 24.5 Å². The summed E-state index contributed by atoms with van der Waals surface area (Å²) in [5.74, 6) is 0.140. The highest BCUT2D eigenvalue weighted by Gasteiger charge is 2.09. The predicted molar refractivity (Wildman–Crippen MR) is 103 cm³/mol. The average molecular weight is 365 g/mol. The molecular weight excluding hydrogens is 345 g/mol. The molecule has 138 valence electrons. The zero-order valence-corrected chi connectivity index (χ0v) is 14.9. The quantitative estimate of drug-likeness (QED) is 0.666. The lowest BCUT2D eigenvalue weighted by molar-refractivity contribution is 0.0949. The van der Waals surface area contributed by atoms with Crippen LogP contribution in [0.4, 0.5) is 15.8 Å². The van der Waals surface area contributed by atoms with Crippen LogP contribution >= 0.6 is 0 Å². The fraction of sp³-hybridized carbons (Fsp3) is 0.143. The van der Waals surface area contributed by atoms with Gasteiger partial charge in [-0.2, -0.15) is 0 Å². The van der Waals surface area contributed by atoms with Crippen LogP contribution in [0.3, 0.4) is 0 Å². The van der Waals surface area contributed by atoms with Crippen molar-refractivity contribution in [1.29, 1.82) is 0 Å². The van der Waals surface area contributed by atoms with Crippen molar-refractivity contribution in [2.45, 2.75) is 6.42 Å². The Morgan fingerprint density at radius 3 is 2.78 bits per heavy atom. The number of hydrogen-bond acceptors (Lipinski definition) is 4. The molecule has 0 radical (unpaired) electrons. The van der Waals surface area contributed by atoms with Crippen LogP contribution < -0.4 is 15.4 Å². The lowest BCUT2D eigenvalue weighted by Gasteiger charge is -2.09. The summed E-state index contributed by atoms with van der Waals surface area (Å²) in [5, 5.41) is 5.80. The van der Waals surface area contributed by atoms with Gasteiger partial charge in [0.2, 0.25) is 0 Å². The van der Waals surface area contributed by atoms with Crippen molar-refractivity contribution in [3.05, 3.63) is 83.9 Å². The van der Waals surface area contributed by atoms with E-state index in [2.05, 4.69) is 15.6 Å². The van der Waals surface area contributed by atoms with Crippen LogP contribution in [-0.2, 0) is 6.42 Å². The molecule has 0 fully saturated rings. The van der Waals surface area contributed by atoms with E-state index in [0.29, 0.717) is 24.3 Å². The number of para-hydroxylation sites is 1. The van der Waals surface area contributed by atoms with Crippen LogP contribution in [0.5, 0.6) is 5.75 Å². The molecule has 0 saturated carbocycles. The van der Waals surface area contributed by atoms with E-state index < -0.39 is 0 Å². The molecule has 0 atom stereocenters. The van der Waals surface area contributed by atoms with Gasteiger partial charge in [-0.1, -0.05) is 24.3 Å². The summed E-state index contributed by atoms with van der Waals surface area (Å²) in [6.45, 7) is 0.471. The molecule has 6 heteroatoms. The molecule has 27 heavy (non-hydrogen) atoms. The smallest absolute Gasteiger partial charge is 0.269 e. The second-order valence-corrected chi connectivity index (χ2v) is 5.89. The number of benzene rings is 2. The van der Waals surface area contributed by atoms with E-state index >= 15 is 0 Å². The third-order valence-electron chi connectivity index (χ3n) is 3.98. The Hall–Kier alpha value is -3.41. The third kappa shape index (κ3) is 5.04. The van der Waals surface area contributed by atoms with Gasteiger partial charge in [0.25, 0.3) is 5.91 Å². The Morgan fingerprint density at radius 1 is 1.11 bits per heavy atom. The first-order valence-electron chi connectivity index (χ1n) is 8.54. The number of hydrogen-bond donors (Lipinski definition) is 2. The molecule has 0 bridgehead atoms. The predicted octanol–water partition coefficient (Wildman–Crippen LogP) is 3.95. The summed E-state index contributed by atoms with van der Waals surface area (Å²) in [6.07, 6.45) is 2.19. The van der Waals surface area contributed by atoms with Gasteiger partial charge in [0.1, 0.15) is 17.3 Å². The van der Waals surface area contributed by atoms with E-state index in [1.807, 2.05) is 24.3 Å². The molecule has 0 unspecified atom stereocenters. The lowest BCUT2D eigenvalue weighted by Crippen LogP contribution is -2.26. The number of anilines is 2. The normalized spacial score (nSPS) is 10.3. The van der Waals surface area contributed by atoms with Crippen molar-refractivity contribution < 1.29 is 13.9 Å². The Kier molecular flexibility index (Phi) is 5.99. The number of amides is 1. The molecule has 0 aliphatic heterocycles. The Balaban J connectivity index is 1.59. The number of aromatic nitrogens is 1. The molecule has 1 heterocycles. The zero-order chi connectivity index (χ0) is 19.1. The summed E-state index contributed by atoms with van der Waals surface area (Å²) in [5.41, 5.74) is 2.26. The molecule has 0 aliphatic carbocycles. The number of carbonyl (C=O) groups is 1. The van der Waals surface area contributed by atoms with Gasteiger partial charge in [0.05, 0.1) is 12.8 Å². The van der Waals surface area contributed by atoms with Gasteiger partial charge in [0.15, 0.2) is 0 Å². The molecule has 2 N–H and O–H groups in total. The highest BCUT2D eigenvalue weighted by Crippen LogP contribution is 2.19. The average Bonchev–Trinajstić information content (AvgIpc) is 2.70. The SMILES string of the molecule is COc1cccc(CCNC(=O)c2cc(Nc3ccccc3F)ccn2)c1. The van der Waals surface area contributed by atoms with Crippen molar-refractivity contribution in [1.82, 2.24) is 10.3 Å². The van der Waals surface area contributed by atoms with E-state index in [0.717, 1.165) is 11.3 Å². The zero-order valence-electron chi connectivity index (χ0n) is 14.9. The molecule has 2 aromatic carbocycles. The molecule has 1 aromatic heterocycles. The summed E-state index contributed by atoms with van der Waals surface area (Å²) in [6, 6.07) is 17.3. The van der Waals surface area contributed by atoms with E-state index in [9.17, 15) is 9.18 Å². The first kappa shape index (κ1) is 18.4. The summed E-state index contributed by atoms with van der Waals surface area (Å²) < 4.78 is 18.9. The van der Waals surface area contributed by atoms with E-state index in [1.54, 1.807) is 37.4 Å². The van der Waals surface area contributed by atoms with Crippen LogP contribution in [0.25, 0.3) is 0 Å². The number of halogens is 1. The van der Waals surface area contributed by atoms with Crippen LogP contribution in [0.1, 0.15) is 16.1 Å². The van der Waals surface area contributed by atoms with Crippen LogP contribution in [0, 0.1) is 5.82 Å². The number of pyridine rings is 1. The number of nitrogens with zero attached hydrogens (tertiary/aromatic N) is 1. The van der Waals surface area contributed by atoms with Gasteiger partial charge in [-0.05, 0) is 48.4 Å². The van der Waals surface area contributed by atoms with E-state index in [-0.39, 0.29) is 17.4 Å². The van der Waals surface area contributed by atoms with Gasteiger partial charge < -0.3 is 15.4 Å². The summed E-state index contributed by atoms with van der Waals surface area (Å²) in [4.78, 5) is 16.4. The second-order valence-electron chi connectivity index (χ2n) is 5.89. The Bertz CT molecular complexity index is 931. The van der Waals surface area contributed by atoms with Gasteiger partial charge >= 0.3 is 0 Å². The standard InChI is InChI=1S/C21H20FN3O2/c1-27-17-6-4-5-15(13-17)9-11-24-21(26)20-14-16(10-12-23-20)25-19-8-3-2-7-18(19)22/h2-8,10,12-14H,9,11H2,1H3,(H,23,25)(H,24,26). The fourth-order valence-electron chi connectivity index (χ4n) is 2.59. The van der Waals surface area contributed by atoms with Gasteiger partial charge in [-0.15, -0.1) is 0 Å². The molecule has 0 aliphatic rings. The maximum absolute atomic E-state index is 13.7. The Morgan fingerprint density at radius 2 is 1.96 bits per heavy atom. The minimum Gasteiger partial charge on any atom is -0.497 e. The highest BCUT2D eigenvalue weighted by molar-refractivity contribution is 5.93. The van der Waals surface area contributed by atoms with Crippen molar-refractivity contribution in [2.75, 3.05) is 19.0 Å². The third-order valence-corrected chi connectivity index (χ3v) is 3.98. The number of rotatable bonds is 7. The maximum atomic E-state index is 13.7. The largest absolute Gasteiger partial charge is 0.497 e. The minimum absolute atomic E-state index is 0.266. The fourth-order valence-corrected chi connectivity index (χ4v) is 2.59. The van der Waals surface area contributed by atoms with Gasteiger partial charge in [-0.3, -0.25) is 9.78 Å². The van der Waals surface area contributed by atoms with Crippen LogP contribution in [0.2, 0.25) is 0 Å². The van der Waals surface area contributed by atoms with Crippen molar-refractivity contribution in [2.24, 2.45) is 0 Å². The molecule has 1 amide bonds. The minimum atomic E-state index is -0.362. The van der Waals surface area contributed by atoms with E-state index in [4.69, 9.17) is 4.74 Å². The molecule has 5 nitrogen and oxygen atoms in total. The van der Waals surface area contributed by atoms with E-state index in [1.165, 1.54) is 12.3 Å². The van der Waals surface area contributed by atoms with Crippen molar-refractivity contribution in [3.63, 3.8) is 0 Å². The van der Waals surface area contributed by atoms with Crippen molar-refractivity contribution in [3.8, 4) is 5.75 Å². The monoisotopic (exact) mass is 365 g/mol. The Labute approximate surface area is 157 Å².